The van der Waals surface area contributed by atoms with E-state index in [1.165, 1.54) is 3.57 Å². The Balaban J connectivity index is 1.66. The van der Waals surface area contributed by atoms with Gasteiger partial charge in [0.15, 0.2) is 0 Å². The third kappa shape index (κ3) is 3.96. The highest BCUT2D eigenvalue weighted by Crippen LogP contribution is 2.23. The molecule has 0 fully saturated rings. The number of thiophene rings is 1. The molecule has 1 heterocycles. The van der Waals surface area contributed by atoms with E-state index in [1.54, 1.807) is 11.3 Å². The molecule has 4 heteroatoms. The molecule has 0 aliphatic heterocycles. The van der Waals surface area contributed by atoms with Gasteiger partial charge < -0.3 is 4.74 Å². The zero-order valence-electron chi connectivity index (χ0n) is 11.7. The molecule has 2 aromatic carbocycles. The van der Waals surface area contributed by atoms with Crippen LogP contribution in [0.2, 0.25) is 0 Å². The van der Waals surface area contributed by atoms with Crippen LogP contribution in [0, 0.1) is 3.57 Å². The van der Waals surface area contributed by atoms with Crippen molar-refractivity contribution in [3.8, 4) is 16.9 Å². The lowest BCUT2D eigenvalue weighted by Gasteiger charge is -2.06. The fourth-order valence-electron chi connectivity index (χ4n) is 2.09. The van der Waals surface area contributed by atoms with E-state index in [9.17, 15) is 4.79 Å². The first-order valence-corrected chi connectivity index (χ1v) is 8.80. The molecule has 0 amide bonds. The van der Waals surface area contributed by atoms with E-state index >= 15 is 0 Å². The van der Waals surface area contributed by atoms with Crippen molar-refractivity contribution >= 4 is 39.9 Å². The average molecular weight is 420 g/mol. The lowest BCUT2D eigenvalue weighted by molar-refractivity contribution is -0.133. The van der Waals surface area contributed by atoms with Crippen LogP contribution in [-0.2, 0) is 11.2 Å². The largest absolute Gasteiger partial charge is 0.426 e. The number of hydrogen-bond donors (Lipinski definition) is 0. The minimum absolute atomic E-state index is 0.236. The lowest BCUT2D eigenvalue weighted by atomic mass is 10.1. The molecule has 0 bridgehead atoms. The third-order valence-corrected chi connectivity index (χ3v) is 4.64. The molecule has 1 aromatic heterocycles. The normalized spacial score (nSPS) is 10.4. The van der Waals surface area contributed by atoms with Gasteiger partial charge in [0, 0.05) is 3.57 Å². The van der Waals surface area contributed by atoms with Crippen molar-refractivity contribution in [3.63, 3.8) is 0 Å². The van der Waals surface area contributed by atoms with Crippen molar-refractivity contribution in [1.29, 1.82) is 0 Å². The Kier molecular flexibility index (Phi) is 4.90. The number of halogens is 1. The number of ether oxygens (including phenoxy) is 1. The first kappa shape index (κ1) is 15.2. The highest BCUT2D eigenvalue weighted by atomic mass is 127. The molecule has 3 aromatic rings. The van der Waals surface area contributed by atoms with Crippen LogP contribution in [0.15, 0.2) is 65.4 Å². The fourth-order valence-corrected chi connectivity index (χ4v) is 3.11. The van der Waals surface area contributed by atoms with Gasteiger partial charge >= 0.3 is 5.97 Å². The predicted molar refractivity (Wildman–Crippen MR) is 98.3 cm³/mol. The maximum absolute atomic E-state index is 11.9. The van der Waals surface area contributed by atoms with E-state index < -0.39 is 0 Å². The summed E-state index contributed by atoms with van der Waals surface area (Å²) in [5.41, 5.74) is 3.25. The topological polar surface area (TPSA) is 26.3 Å². The Morgan fingerprint density at radius 2 is 1.59 bits per heavy atom. The molecule has 0 saturated heterocycles. The SMILES string of the molecule is O=C(Cc1ccsc1)Oc1ccc(-c2ccc(I)cc2)cc1. The predicted octanol–water partition coefficient (Wildman–Crippen LogP) is 5.17. The summed E-state index contributed by atoms with van der Waals surface area (Å²) in [7, 11) is 0. The summed E-state index contributed by atoms with van der Waals surface area (Å²) in [6, 6.07) is 17.8. The smallest absolute Gasteiger partial charge is 0.315 e. The van der Waals surface area contributed by atoms with Gasteiger partial charge in [-0.15, -0.1) is 0 Å². The summed E-state index contributed by atoms with van der Waals surface area (Å²) in [4.78, 5) is 11.9. The maximum Gasteiger partial charge on any atom is 0.315 e. The van der Waals surface area contributed by atoms with Crippen LogP contribution < -0.4 is 4.74 Å². The minimum Gasteiger partial charge on any atom is -0.426 e. The van der Waals surface area contributed by atoms with Gasteiger partial charge in [0.2, 0.25) is 0 Å². The highest BCUT2D eigenvalue weighted by Gasteiger charge is 2.07. The van der Waals surface area contributed by atoms with Gasteiger partial charge in [0.25, 0.3) is 0 Å². The van der Waals surface area contributed by atoms with Gasteiger partial charge in [-0.1, -0.05) is 24.3 Å². The van der Waals surface area contributed by atoms with E-state index in [0.717, 1.165) is 16.7 Å². The zero-order chi connectivity index (χ0) is 15.4. The van der Waals surface area contributed by atoms with Crippen molar-refractivity contribution in [2.75, 3.05) is 0 Å². The van der Waals surface area contributed by atoms with E-state index in [0.29, 0.717) is 12.2 Å². The summed E-state index contributed by atoms with van der Waals surface area (Å²) in [5.74, 6) is 0.343. The fraction of sp³-hybridized carbons (Fsp3) is 0.0556. The summed E-state index contributed by atoms with van der Waals surface area (Å²) >= 11 is 3.87. The molecule has 110 valence electrons. The Labute approximate surface area is 146 Å². The first-order valence-electron chi connectivity index (χ1n) is 6.78. The van der Waals surface area contributed by atoms with E-state index in [-0.39, 0.29) is 5.97 Å². The number of hydrogen-bond acceptors (Lipinski definition) is 3. The second-order valence-electron chi connectivity index (χ2n) is 4.81. The molecule has 0 N–H and O–H groups in total. The average Bonchev–Trinajstić information content (AvgIpc) is 3.02. The number of esters is 1. The van der Waals surface area contributed by atoms with Crippen molar-refractivity contribution in [3.05, 3.63) is 74.5 Å². The van der Waals surface area contributed by atoms with Gasteiger partial charge in [0.05, 0.1) is 6.42 Å². The zero-order valence-corrected chi connectivity index (χ0v) is 14.6. The molecular weight excluding hydrogens is 407 g/mol. The van der Waals surface area contributed by atoms with Crippen molar-refractivity contribution in [1.82, 2.24) is 0 Å². The molecule has 2 nitrogen and oxygen atoms in total. The van der Waals surface area contributed by atoms with E-state index in [2.05, 4.69) is 46.9 Å². The lowest BCUT2D eigenvalue weighted by Crippen LogP contribution is -2.10. The van der Waals surface area contributed by atoms with Crippen LogP contribution in [0.3, 0.4) is 0 Å². The molecule has 0 radical (unpaired) electrons. The van der Waals surface area contributed by atoms with Crippen molar-refractivity contribution in [2.24, 2.45) is 0 Å². The second-order valence-corrected chi connectivity index (χ2v) is 6.84. The number of rotatable bonds is 4. The molecule has 0 unspecified atom stereocenters. The Morgan fingerprint density at radius 3 is 2.18 bits per heavy atom. The third-order valence-electron chi connectivity index (χ3n) is 3.19. The molecule has 0 atom stereocenters. The van der Waals surface area contributed by atoms with Gasteiger partial charge in [-0.25, -0.2) is 0 Å². The quantitative estimate of drug-likeness (QED) is 0.331. The summed E-state index contributed by atoms with van der Waals surface area (Å²) in [6.45, 7) is 0. The van der Waals surface area contributed by atoms with Crippen LogP contribution in [0.4, 0.5) is 0 Å². The van der Waals surface area contributed by atoms with Crippen LogP contribution in [-0.4, -0.2) is 5.97 Å². The van der Waals surface area contributed by atoms with Gasteiger partial charge in [-0.2, -0.15) is 11.3 Å². The maximum atomic E-state index is 11.9. The van der Waals surface area contributed by atoms with Crippen molar-refractivity contribution < 1.29 is 9.53 Å². The van der Waals surface area contributed by atoms with E-state index in [1.807, 2.05) is 41.1 Å². The van der Waals surface area contributed by atoms with Crippen LogP contribution in [0.25, 0.3) is 11.1 Å². The second kappa shape index (κ2) is 7.07. The molecule has 0 spiro atoms. The monoisotopic (exact) mass is 420 g/mol. The Morgan fingerprint density at radius 1 is 0.955 bits per heavy atom. The molecular formula is C18H13IO2S. The highest BCUT2D eigenvalue weighted by molar-refractivity contribution is 14.1. The molecule has 0 aliphatic carbocycles. The van der Waals surface area contributed by atoms with Gasteiger partial charge in [-0.05, 0) is 80.4 Å². The van der Waals surface area contributed by atoms with Gasteiger partial charge in [0.1, 0.15) is 5.75 Å². The standard InChI is InChI=1S/C18H13IO2S/c19-16-5-1-14(2-6-16)15-3-7-17(8-4-15)21-18(20)11-13-9-10-22-12-13/h1-10,12H,11H2. The number of carbonyl (C=O) groups is 1. The molecule has 0 saturated carbocycles. The Hall–Kier alpha value is -1.66. The first-order chi connectivity index (χ1) is 10.7. The molecule has 22 heavy (non-hydrogen) atoms. The van der Waals surface area contributed by atoms with Gasteiger partial charge in [-0.3, -0.25) is 4.79 Å². The summed E-state index contributed by atoms with van der Waals surface area (Å²) < 4.78 is 6.57. The van der Waals surface area contributed by atoms with Crippen LogP contribution in [0.1, 0.15) is 5.56 Å². The van der Waals surface area contributed by atoms with Crippen LogP contribution >= 0.6 is 33.9 Å². The Bertz CT molecular complexity index is 747. The molecule has 0 aliphatic rings. The summed E-state index contributed by atoms with van der Waals surface area (Å²) in [6.07, 6.45) is 0.308. The minimum atomic E-state index is -0.236. The number of carbonyl (C=O) groups excluding carboxylic acids is 1. The number of benzene rings is 2. The van der Waals surface area contributed by atoms with Crippen molar-refractivity contribution in [2.45, 2.75) is 6.42 Å². The van der Waals surface area contributed by atoms with Crippen LogP contribution in [0.5, 0.6) is 5.75 Å². The van der Waals surface area contributed by atoms with E-state index in [4.69, 9.17) is 4.74 Å². The summed E-state index contributed by atoms with van der Waals surface area (Å²) in [5, 5.41) is 3.92. The molecule has 3 rings (SSSR count).